The summed E-state index contributed by atoms with van der Waals surface area (Å²) < 4.78 is 0.973. The fourth-order valence-corrected chi connectivity index (χ4v) is 3.00. The smallest absolute Gasteiger partial charge is 0.151 e. The van der Waals surface area contributed by atoms with Gasteiger partial charge in [-0.3, -0.25) is 0 Å². The van der Waals surface area contributed by atoms with Gasteiger partial charge in [0.2, 0.25) is 0 Å². The van der Waals surface area contributed by atoms with Crippen molar-refractivity contribution < 1.29 is 5.11 Å². The van der Waals surface area contributed by atoms with E-state index in [2.05, 4.69) is 11.9 Å². The number of hydrogen-bond acceptors (Lipinski definition) is 4. The molecule has 2 nitrogen and oxygen atoms in total. The number of aromatic nitrogens is 1. The summed E-state index contributed by atoms with van der Waals surface area (Å²) in [4.78, 5) is 4.10. The molecule has 0 saturated heterocycles. The summed E-state index contributed by atoms with van der Waals surface area (Å²) in [6.07, 6.45) is 0.794. The third-order valence-electron chi connectivity index (χ3n) is 1.29. The summed E-state index contributed by atoms with van der Waals surface area (Å²) in [5.74, 6) is 0. The van der Waals surface area contributed by atoms with Crippen molar-refractivity contribution in [3.05, 3.63) is 10.5 Å². The van der Waals surface area contributed by atoms with Crippen LogP contribution in [0, 0.1) is 0 Å². The van der Waals surface area contributed by atoms with Gasteiger partial charge in [-0.15, -0.1) is 11.3 Å². The van der Waals surface area contributed by atoms with E-state index in [0.717, 1.165) is 10.8 Å². The Bertz CT molecular complexity index is 241. The minimum absolute atomic E-state index is 0.229. The highest BCUT2D eigenvalue weighted by atomic mass is 35.5. The van der Waals surface area contributed by atoms with Gasteiger partial charge in [0.15, 0.2) is 4.34 Å². The highest BCUT2D eigenvalue weighted by Gasteiger charge is 2.06. The topological polar surface area (TPSA) is 33.1 Å². The Morgan fingerprint density at radius 2 is 2.58 bits per heavy atom. The van der Waals surface area contributed by atoms with E-state index in [-0.39, 0.29) is 6.61 Å². The van der Waals surface area contributed by atoms with Gasteiger partial charge in [-0.25, -0.2) is 4.98 Å². The summed E-state index contributed by atoms with van der Waals surface area (Å²) in [6, 6.07) is 0. The number of thioether (sulfide) groups is 1. The van der Waals surface area contributed by atoms with Crippen LogP contribution in [0.3, 0.4) is 0 Å². The van der Waals surface area contributed by atoms with Gasteiger partial charge in [0, 0.05) is 17.2 Å². The second-order valence-corrected chi connectivity index (χ2v) is 5.31. The van der Waals surface area contributed by atoms with Crippen molar-refractivity contribution in [3.8, 4) is 0 Å². The van der Waals surface area contributed by atoms with Crippen LogP contribution < -0.4 is 0 Å². The van der Waals surface area contributed by atoms with E-state index in [1.165, 1.54) is 0 Å². The number of thiazole rings is 1. The lowest BCUT2D eigenvalue weighted by molar-refractivity contribution is 0.289. The van der Waals surface area contributed by atoms with Crippen molar-refractivity contribution in [2.45, 2.75) is 22.9 Å². The largest absolute Gasteiger partial charge is 0.396 e. The van der Waals surface area contributed by atoms with Gasteiger partial charge in [-0.2, -0.15) is 0 Å². The fraction of sp³-hybridized carbons (Fsp3) is 0.571. The maximum absolute atomic E-state index is 8.66. The van der Waals surface area contributed by atoms with E-state index in [4.69, 9.17) is 16.7 Å². The van der Waals surface area contributed by atoms with Gasteiger partial charge >= 0.3 is 0 Å². The van der Waals surface area contributed by atoms with E-state index in [1.807, 2.05) is 5.38 Å². The minimum Gasteiger partial charge on any atom is -0.396 e. The third kappa shape index (κ3) is 3.31. The summed E-state index contributed by atoms with van der Waals surface area (Å²) in [7, 11) is 0. The molecule has 0 bridgehead atoms. The Hall–Kier alpha value is 0.230. The van der Waals surface area contributed by atoms with Crippen LogP contribution in [0.5, 0.6) is 0 Å². The SMILES string of the molecule is CC(CCO)Sc1nc(Cl)cs1. The first-order valence-electron chi connectivity index (χ1n) is 3.61. The van der Waals surface area contributed by atoms with Crippen molar-refractivity contribution >= 4 is 34.7 Å². The van der Waals surface area contributed by atoms with Crippen molar-refractivity contribution in [2.75, 3.05) is 6.61 Å². The van der Waals surface area contributed by atoms with Crippen LogP contribution >= 0.6 is 34.7 Å². The van der Waals surface area contributed by atoms with Crippen LogP contribution in [0.4, 0.5) is 0 Å². The number of hydrogen-bond donors (Lipinski definition) is 1. The summed E-state index contributed by atoms with van der Waals surface area (Å²) in [6.45, 7) is 2.30. The van der Waals surface area contributed by atoms with E-state index < -0.39 is 0 Å². The van der Waals surface area contributed by atoms with E-state index in [1.54, 1.807) is 23.1 Å². The molecule has 1 aromatic rings. The average Bonchev–Trinajstić information content (AvgIpc) is 2.36. The summed E-state index contributed by atoms with van der Waals surface area (Å²) in [5, 5.41) is 11.4. The lowest BCUT2D eigenvalue weighted by Gasteiger charge is -2.04. The van der Waals surface area contributed by atoms with Crippen molar-refractivity contribution in [1.82, 2.24) is 4.98 Å². The molecule has 5 heteroatoms. The third-order valence-corrected chi connectivity index (χ3v) is 3.76. The molecule has 1 N–H and O–H groups in total. The lowest BCUT2D eigenvalue weighted by atomic mass is 10.4. The summed E-state index contributed by atoms with van der Waals surface area (Å²) >= 11 is 8.85. The zero-order valence-electron chi connectivity index (χ0n) is 6.66. The zero-order valence-corrected chi connectivity index (χ0v) is 9.05. The van der Waals surface area contributed by atoms with Gasteiger partial charge in [-0.05, 0) is 6.42 Å². The normalized spacial score (nSPS) is 13.2. The van der Waals surface area contributed by atoms with Gasteiger partial charge in [0.25, 0.3) is 0 Å². The van der Waals surface area contributed by atoms with Crippen LogP contribution in [0.15, 0.2) is 9.72 Å². The van der Waals surface area contributed by atoms with Gasteiger partial charge in [-0.1, -0.05) is 30.3 Å². The number of nitrogens with zero attached hydrogens (tertiary/aromatic N) is 1. The Labute approximate surface area is 85.0 Å². The first-order valence-corrected chi connectivity index (χ1v) is 5.74. The maximum atomic E-state index is 8.66. The van der Waals surface area contributed by atoms with Crippen LogP contribution in [0.25, 0.3) is 0 Å². The van der Waals surface area contributed by atoms with E-state index in [0.29, 0.717) is 10.4 Å². The van der Waals surface area contributed by atoms with Gasteiger partial charge < -0.3 is 5.11 Å². The Balaban J connectivity index is 2.41. The molecular weight excluding hydrogens is 214 g/mol. The van der Waals surface area contributed by atoms with Crippen LogP contribution in [0.2, 0.25) is 5.15 Å². The molecule has 0 aliphatic rings. The quantitative estimate of drug-likeness (QED) is 0.797. The van der Waals surface area contributed by atoms with Crippen molar-refractivity contribution in [1.29, 1.82) is 0 Å². The molecule has 1 aromatic heterocycles. The molecule has 1 atom stereocenters. The van der Waals surface area contributed by atoms with Crippen molar-refractivity contribution in [3.63, 3.8) is 0 Å². The molecule has 0 saturated carbocycles. The molecule has 0 fully saturated rings. The summed E-state index contributed by atoms with van der Waals surface area (Å²) in [5.41, 5.74) is 0. The minimum atomic E-state index is 0.229. The first-order chi connectivity index (χ1) is 5.72. The molecule has 12 heavy (non-hydrogen) atoms. The molecule has 0 amide bonds. The van der Waals surface area contributed by atoms with Crippen LogP contribution in [0.1, 0.15) is 13.3 Å². The lowest BCUT2D eigenvalue weighted by Crippen LogP contribution is -1.98. The predicted molar refractivity (Wildman–Crippen MR) is 54.1 cm³/mol. The Morgan fingerprint density at radius 3 is 3.08 bits per heavy atom. The van der Waals surface area contributed by atoms with Gasteiger partial charge in [0.05, 0.1) is 0 Å². The number of rotatable bonds is 4. The molecule has 0 aliphatic heterocycles. The molecular formula is C7H10ClNOS2. The molecule has 0 aromatic carbocycles. The monoisotopic (exact) mass is 223 g/mol. The fourth-order valence-electron chi connectivity index (χ4n) is 0.706. The second kappa shape index (κ2) is 5.07. The van der Waals surface area contributed by atoms with Crippen LogP contribution in [-0.2, 0) is 0 Å². The van der Waals surface area contributed by atoms with Crippen LogP contribution in [-0.4, -0.2) is 21.9 Å². The highest BCUT2D eigenvalue weighted by molar-refractivity contribution is 8.01. The Kier molecular flexibility index (Phi) is 4.35. The zero-order chi connectivity index (χ0) is 8.97. The standard InChI is InChI=1S/C7H10ClNOS2/c1-5(2-3-10)12-7-9-6(8)4-11-7/h4-5,10H,2-3H2,1H3. The molecule has 1 heterocycles. The second-order valence-electron chi connectivity index (χ2n) is 2.38. The maximum Gasteiger partial charge on any atom is 0.151 e. The molecule has 0 spiro atoms. The van der Waals surface area contributed by atoms with E-state index in [9.17, 15) is 0 Å². The van der Waals surface area contributed by atoms with E-state index >= 15 is 0 Å². The van der Waals surface area contributed by atoms with Crippen molar-refractivity contribution in [2.24, 2.45) is 0 Å². The number of halogens is 1. The highest BCUT2D eigenvalue weighted by Crippen LogP contribution is 2.29. The molecule has 68 valence electrons. The van der Waals surface area contributed by atoms with Gasteiger partial charge in [0.1, 0.15) is 5.15 Å². The molecule has 0 aliphatic carbocycles. The number of aliphatic hydroxyl groups is 1. The first kappa shape index (κ1) is 10.3. The number of aliphatic hydroxyl groups excluding tert-OH is 1. The average molecular weight is 224 g/mol. The molecule has 0 radical (unpaired) electrons. The Morgan fingerprint density at radius 1 is 1.83 bits per heavy atom. The molecule has 1 rings (SSSR count). The predicted octanol–water partition coefficient (Wildman–Crippen LogP) is 2.66. The molecule has 1 unspecified atom stereocenters.